The Labute approximate surface area is 138 Å². The van der Waals surface area contributed by atoms with Crippen LogP contribution in [-0.2, 0) is 19.0 Å². The topological polar surface area (TPSA) is 48.0 Å². The number of carbonyl (C=O) groups is 1. The fourth-order valence-electron chi connectivity index (χ4n) is 2.89. The lowest BCUT2D eigenvalue weighted by atomic mass is 10.1. The molecule has 0 saturated carbocycles. The molecule has 2 rings (SSSR count). The van der Waals surface area contributed by atoms with E-state index in [9.17, 15) is 4.79 Å². The second-order valence-electron chi connectivity index (χ2n) is 6.11. The lowest BCUT2D eigenvalue weighted by molar-refractivity contribution is -0.150. The average Bonchev–Trinajstić information content (AvgIpc) is 3.04. The van der Waals surface area contributed by atoms with Gasteiger partial charge in [-0.05, 0) is 39.2 Å². The first-order chi connectivity index (χ1) is 10.7. The van der Waals surface area contributed by atoms with Gasteiger partial charge in [0.15, 0.2) is 0 Å². The van der Waals surface area contributed by atoms with E-state index < -0.39 is 0 Å². The highest BCUT2D eigenvalue weighted by Gasteiger charge is 2.26. The molecule has 2 heterocycles. The molecule has 0 radical (unpaired) electrons. The van der Waals surface area contributed by atoms with Crippen LogP contribution in [0.2, 0.25) is 0 Å². The van der Waals surface area contributed by atoms with Crippen LogP contribution in [0.1, 0.15) is 32.6 Å². The number of hydrogen-bond acceptors (Lipinski definition) is 6. The van der Waals surface area contributed by atoms with Crippen LogP contribution in [0.4, 0.5) is 0 Å². The predicted molar refractivity (Wildman–Crippen MR) is 88.3 cm³/mol. The molecule has 0 N–H and O–H groups in total. The van der Waals surface area contributed by atoms with Gasteiger partial charge in [-0.3, -0.25) is 9.69 Å². The maximum atomic E-state index is 12.2. The summed E-state index contributed by atoms with van der Waals surface area (Å²) >= 11 is 1.65. The Morgan fingerprint density at radius 3 is 3.00 bits per heavy atom. The smallest absolute Gasteiger partial charge is 0.319 e. The van der Waals surface area contributed by atoms with Crippen molar-refractivity contribution < 1.29 is 19.0 Å². The number of likely N-dealkylation sites (tertiary alicyclic amines) is 1. The van der Waals surface area contributed by atoms with Crippen molar-refractivity contribution in [3.63, 3.8) is 0 Å². The molecule has 0 bridgehead atoms. The maximum Gasteiger partial charge on any atom is 0.319 e. The summed E-state index contributed by atoms with van der Waals surface area (Å²) in [4.78, 5) is 14.5. The second kappa shape index (κ2) is 9.75. The van der Waals surface area contributed by atoms with Crippen LogP contribution < -0.4 is 0 Å². The SMILES string of the molecule is COCCN1CCC[C@H](OC(=O)[C@H](C)SC[C@H]2CCCO2)C1. The fraction of sp³-hybridized carbons (Fsp3) is 0.938. The van der Waals surface area contributed by atoms with Crippen molar-refractivity contribution in [3.05, 3.63) is 0 Å². The van der Waals surface area contributed by atoms with Crippen LogP contribution in [0.25, 0.3) is 0 Å². The maximum absolute atomic E-state index is 12.2. The Hall–Kier alpha value is -0.300. The van der Waals surface area contributed by atoms with E-state index in [-0.39, 0.29) is 17.3 Å². The highest BCUT2D eigenvalue weighted by atomic mass is 32.2. The van der Waals surface area contributed by atoms with Gasteiger partial charge in [0.25, 0.3) is 0 Å². The van der Waals surface area contributed by atoms with Gasteiger partial charge in [-0.1, -0.05) is 0 Å². The number of hydrogen-bond donors (Lipinski definition) is 0. The standard InChI is InChI=1S/C16H29NO4S/c1-13(22-12-15-6-4-9-20-15)16(18)21-14-5-3-7-17(11-14)8-10-19-2/h13-15H,3-12H2,1-2H3/t13-,14-,15+/m0/s1. The van der Waals surface area contributed by atoms with E-state index in [2.05, 4.69) is 4.90 Å². The van der Waals surface area contributed by atoms with E-state index in [4.69, 9.17) is 14.2 Å². The van der Waals surface area contributed by atoms with Crippen molar-refractivity contribution in [3.8, 4) is 0 Å². The zero-order valence-corrected chi connectivity index (χ0v) is 14.6. The molecule has 128 valence electrons. The van der Waals surface area contributed by atoms with Crippen molar-refractivity contribution in [1.29, 1.82) is 0 Å². The quantitative estimate of drug-likeness (QED) is 0.634. The lowest BCUT2D eigenvalue weighted by Gasteiger charge is -2.32. The molecule has 2 fully saturated rings. The summed E-state index contributed by atoms with van der Waals surface area (Å²) in [6.07, 6.45) is 4.66. The Balaban J connectivity index is 1.66. The third kappa shape index (κ3) is 6.07. The molecular formula is C16H29NO4S. The molecule has 22 heavy (non-hydrogen) atoms. The molecule has 2 saturated heterocycles. The van der Waals surface area contributed by atoms with E-state index in [0.717, 1.165) is 64.3 Å². The van der Waals surface area contributed by atoms with Gasteiger partial charge in [-0.15, -0.1) is 11.8 Å². The minimum Gasteiger partial charge on any atom is -0.460 e. The van der Waals surface area contributed by atoms with Crippen molar-refractivity contribution in [2.24, 2.45) is 0 Å². The molecule has 2 aliphatic rings. The minimum absolute atomic E-state index is 0.0314. The zero-order chi connectivity index (χ0) is 15.8. The Morgan fingerprint density at radius 1 is 1.41 bits per heavy atom. The van der Waals surface area contributed by atoms with Crippen LogP contribution in [-0.4, -0.2) is 74.0 Å². The third-order valence-corrected chi connectivity index (χ3v) is 5.50. The number of methoxy groups -OCH3 is 1. The number of rotatable bonds is 8. The fourth-order valence-corrected chi connectivity index (χ4v) is 3.85. The molecule has 0 amide bonds. The van der Waals surface area contributed by atoms with E-state index in [1.54, 1.807) is 18.9 Å². The minimum atomic E-state index is -0.112. The van der Waals surface area contributed by atoms with Gasteiger partial charge in [0, 0.05) is 32.6 Å². The summed E-state index contributed by atoms with van der Waals surface area (Å²) in [5, 5.41) is -0.112. The molecule has 0 aromatic carbocycles. The summed E-state index contributed by atoms with van der Waals surface area (Å²) in [7, 11) is 1.72. The Kier molecular flexibility index (Phi) is 8.00. The largest absolute Gasteiger partial charge is 0.460 e. The van der Waals surface area contributed by atoms with E-state index in [1.807, 2.05) is 6.92 Å². The van der Waals surface area contributed by atoms with Gasteiger partial charge in [0.05, 0.1) is 18.0 Å². The molecule has 5 nitrogen and oxygen atoms in total. The van der Waals surface area contributed by atoms with Gasteiger partial charge in [0.1, 0.15) is 6.10 Å². The van der Waals surface area contributed by atoms with Crippen molar-refractivity contribution >= 4 is 17.7 Å². The molecule has 3 atom stereocenters. The first-order valence-corrected chi connectivity index (χ1v) is 9.39. The van der Waals surface area contributed by atoms with Crippen molar-refractivity contribution in [1.82, 2.24) is 4.90 Å². The summed E-state index contributed by atoms with van der Waals surface area (Å²) in [6.45, 7) is 6.35. The van der Waals surface area contributed by atoms with Crippen LogP contribution in [0, 0.1) is 0 Å². The third-order valence-electron chi connectivity index (χ3n) is 4.24. The molecule has 0 spiro atoms. The monoisotopic (exact) mass is 331 g/mol. The van der Waals surface area contributed by atoms with Gasteiger partial charge in [-0.25, -0.2) is 0 Å². The first-order valence-electron chi connectivity index (χ1n) is 8.34. The van der Waals surface area contributed by atoms with Crippen LogP contribution >= 0.6 is 11.8 Å². The van der Waals surface area contributed by atoms with Gasteiger partial charge in [-0.2, -0.15) is 0 Å². The van der Waals surface area contributed by atoms with Crippen LogP contribution in [0.5, 0.6) is 0 Å². The highest BCUT2D eigenvalue weighted by Crippen LogP contribution is 2.22. The first kappa shape index (κ1) is 18.0. The van der Waals surface area contributed by atoms with Crippen LogP contribution in [0.3, 0.4) is 0 Å². The van der Waals surface area contributed by atoms with Crippen LogP contribution in [0.15, 0.2) is 0 Å². The number of esters is 1. The number of carbonyl (C=O) groups excluding carboxylic acids is 1. The van der Waals surface area contributed by atoms with E-state index in [0.29, 0.717) is 6.10 Å². The normalized spacial score (nSPS) is 27.7. The average molecular weight is 331 g/mol. The van der Waals surface area contributed by atoms with E-state index in [1.165, 1.54) is 0 Å². The summed E-state index contributed by atoms with van der Waals surface area (Å²) < 4.78 is 16.4. The summed E-state index contributed by atoms with van der Waals surface area (Å²) in [5.41, 5.74) is 0. The molecule has 0 aliphatic carbocycles. The van der Waals surface area contributed by atoms with Crippen molar-refractivity contribution in [2.45, 2.75) is 50.1 Å². The molecular weight excluding hydrogens is 302 g/mol. The number of piperidine rings is 1. The zero-order valence-electron chi connectivity index (χ0n) is 13.8. The van der Waals surface area contributed by atoms with Gasteiger partial charge < -0.3 is 14.2 Å². The van der Waals surface area contributed by atoms with Crippen molar-refractivity contribution in [2.75, 3.05) is 45.7 Å². The number of nitrogens with zero attached hydrogens (tertiary/aromatic N) is 1. The summed E-state index contributed by atoms with van der Waals surface area (Å²) in [5.74, 6) is 0.808. The lowest BCUT2D eigenvalue weighted by Crippen LogP contribution is -2.42. The molecule has 6 heteroatoms. The number of thioether (sulfide) groups is 1. The summed E-state index contributed by atoms with van der Waals surface area (Å²) in [6, 6.07) is 0. The highest BCUT2D eigenvalue weighted by molar-refractivity contribution is 8.00. The molecule has 0 aromatic rings. The molecule has 0 unspecified atom stereocenters. The second-order valence-corrected chi connectivity index (χ2v) is 7.48. The predicted octanol–water partition coefficient (Wildman–Crippen LogP) is 1.94. The Bertz CT molecular complexity index is 336. The Morgan fingerprint density at radius 2 is 2.27 bits per heavy atom. The van der Waals surface area contributed by atoms with Gasteiger partial charge in [0.2, 0.25) is 0 Å². The molecule has 2 aliphatic heterocycles. The van der Waals surface area contributed by atoms with Gasteiger partial charge >= 0.3 is 5.97 Å². The number of ether oxygens (including phenoxy) is 3. The molecule has 0 aromatic heterocycles. The van der Waals surface area contributed by atoms with E-state index >= 15 is 0 Å².